The molecule has 0 saturated carbocycles. The highest BCUT2D eigenvalue weighted by Gasteiger charge is 2.32. The van der Waals surface area contributed by atoms with Crippen LogP contribution in [-0.2, 0) is 4.79 Å². The average molecular weight is 373 g/mol. The normalized spacial score (nSPS) is 15.3. The van der Waals surface area contributed by atoms with Crippen LogP contribution in [0.4, 0.5) is 5.69 Å². The van der Waals surface area contributed by atoms with Crippen molar-refractivity contribution in [2.45, 2.75) is 6.92 Å². The zero-order valence-electron chi connectivity index (χ0n) is 14.8. The van der Waals surface area contributed by atoms with Crippen molar-refractivity contribution in [1.82, 2.24) is 0 Å². The first-order chi connectivity index (χ1) is 13.1. The highest BCUT2D eigenvalue weighted by molar-refractivity contribution is 6.34. The molecular formula is C23H17ClN2O. The van der Waals surface area contributed by atoms with Crippen LogP contribution in [0.3, 0.4) is 0 Å². The number of aliphatic imine (C=N–C) groups is 1. The predicted molar refractivity (Wildman–Crippen MR) is 111 cm³/mol. The zero-order valence-corrected chi connectivity index (χ0v) is 15.5. The van der Waals surface area contributed by atoms with E-state index in [0.29, 0.717) is 16.6 Å². The van der Waals surface area contributed by atoms with Crippen LogP contribution in [-0.4, -0.2) is 11.7 Å². The summed E-state index contributed by atoms with van der Waals surface area (Å²) >= 11 is 6.02. The Labute approximate surface area is 163 Å². The first-order valence-corrected chi connectivity index (χ1v) is 9.02. The van der Waals surface area contributed by atoms with E-state index < -0.39 is 0 Å². The third kappa shape index (κ3) is 3.55. The molecule has 0 aromatic heterocycles. The highest BCUT2D eigenvalue weighted by atomic mass is 35.5. The van der Waals surface area contributed by atoms with E-state index in [1.807, 2.05) is 79.7 Å². The number of carbonyl (C=O) groups excluding carboxylic acids is 1. The maximum absolute atomic E-state index is 13.2. The van der Waals surface area contributed by atoms with Gasteiger partial charge in [-0.2, -0.15) is 0 Å². The second-order valence-electron chi connectivity index (χ2n) is 6.36. The Hall–Kier alpha value is -3.17. The van der Waals surface area contributed by atoms with Gasteiger partial charge in [-0.1, -0.05) is 65.7 Å². The van der Waals surface area contributed by atoms with Crippen LogP contribution < -0.4 is 4.90 Å². The molecule has 3 aromatic rings. The van der Waals surface area contributed by atoms with Gasteiger partial charge in [0.25, 0.3) is 5.91 Å². The number of hydrogen-bond acceptors (Lipinski definition) is 2. The van der Waals surface area contributed by atoms with Crippen molar-refractivity contribution in [3.63, 3.8) is 0 Å². The van der Waals surface area contributed by atoms with E-state index >= 15 is 0 Å². The van der Waals surface area contributed by atoms with Gasteiger partial charge < -0.3 is 0 Å². The molecule has 1 amide bonds. The zero-order chi connectivity index (χ0) is 18.8. The molecule has 0 atom stereocenters. The van der Waals surface area contributed by atoms with Gasteiger partial charge in [-0.05, 0) is 48.9 Å². The lowest BCUT2D eigenvalue weighted by Gasteiger charge is -2.18. The first-order valence-electron chi connectivity index (χ1n) is 8.64. The molecule has 4 heteroatoms. The summed E-state index contributed by atoms with van der Waals surface area (Å²) in [7, 11) is 0. The third-order valence-electron chi connectivity index (χ3n) is 4.32. The van der Waals surface area contributed by atoms with E-state index in [-0.39, 0.29) is 5.91 Å². The van der Waals surface area contributed by atoms with Crippen molar-refractivity contribution in [2.75, 3.05) is 4.90 Å². The van der Waals surface area contributed by atoms with Gasteiger partial charge in [-0.3, -0.25) is 9.69 Å². The Bertz CT molecular complexity index is 1050. The largest absolute Gasteiger partial charge is 0.282 e. The van der Waals surface area contributed by atoms with Crippen LogP contribution in [0.25, 0.3) is 6.08 Å². The first kappa shape index (κ1) is 17.3. The number of carbonyl (C=O) groups is 1. The molecule has 3 nitrogen and oxygen atoms in total. The number of amidine groups is 1. The smallest absolute Gasteiger partial charge is 0.266 e. The predicted octanol–water partition coefficient (Wildman–Crippen LogP) is 5.48. The van der Waals surface area contributed by atoms with Gasteiger partial charge in [0.15, 0.2) is 0 Å². The van der Waals surface area contributed by atoms with E-state index in [2.05, 4.69) is 4.99 Å². The van der Waals surface area contributed by atoms with Crippen LogP contribution in [0.5, 0.6) is 0 Å². The number of nitrogens with zero attached hydrogens (tertiary/aromatic N) is 2. The van der Waals surface area contributed by atoms with Gasteiger partial charge in [0.2, 0.25) is 0 Å². The average Bonchev–Trinajstić information content (AvgIpc) is 3.00. The number of amides is 1. The van der Waals surface area contributed by atoms with Crippen LogP contribution >= 0.6 is 11.6 Å². The summed E-state index contributed by atoms with van der Waals surface area (Å²) < 4.78 is 0. The molecule has 0 bridgehead atoms. The molecule has 1 aliphatic heterocycles. The lowest BCUT2D eigenvalue weighted by molar-refractivity contribution is -0.113. The highest BCUT2D eigenvalue weighted by Crippen LogP contribution is 2.29. The van der Waals surface area contributed by atoms with Crippen molar-refractivity contribution >= 4 is 35.1 Å². The second-order valence-corrected chi connectivity index (χ2v) is 6.80. The minimum absolute atomic E-state index is 0.155. The molecule has 1 aliphatic rings. The number of benzene rings is 3. The summed E-state index contributed by atoms with van der Waals surface area (Å²) in [6.45, 7) is 2.02. The van der Waals surface area contributed by atoms with E-state index in [9.17, 15) is 4.79 Å². The molecule has 0 fully saturated rings. The SMILES string of the molecule is Cc1cccc(C2=N/C(=C/c3ccccc3)C(=O)N2c2ccc(Cl)cc2)c1. The molecule has 27 heavy (non-hydrogen) atoms. The van der Waals surface area contributed by atoms with Gasteiger partial charge in [-0.25, -0.2) is 4.99 Å². The summed E-state index contributed by atoms with van der Waals surface area (Å²) in [5.74, 6) is 0.464. The lowest BCUT2D eigenvalue weighted by Crippen LogP contribution is -2.32. The molecule has 1 heterocycles. The summed E-state index contributed by atoms with van der Waals surface area (Å²) in [5.41, 5.74) is 4.09. The van der Waals surface area contributed by atoms with Crippen molar-refractivity contribution in [1.29, 1.82) is 0 Å². The maximum atomic E-state index is 13.2. The summed E-state index contributed by atoms with van der Waals surface area (Å²) in [4.78, 5) is 19.5. The Balaban J connectivity index is 1.84. The van der Waals surface area contributed by atoms with Crippen molar-refractivity contribution in [3.8, 4) is 0 Å². The Kier molecular flexibility index (Phi) is 4.61. The van der Waals surface area contributed by atoms with Crippen LogP contribution in [0.2, 0.25) is 5.02 Å². The van der Waals surface area contributed by atoms with E-state index in [0.717, 1.165) is 22.4 Å². The Morgan fingerprint density at radius 3 is 2.37 bits per heavy atom. The van der Waals surface area contributed by atoms with E-state index in [1.54, 1.807) is 17.0 Å². The number of halogens is 1. The van der Waals surface area contributed by atoms with Crippen molar-refractivity contribution in [2.24, 2.45) is 4.99 Å². The monoisotopic (exact) mass is 372 g/mol. The standard InChI is InChI=1S/C23H17ClN2O/c1-16-6-5-9-18(14-16)22-25-21(15-17-7-3-2-4-8-17)23(27)26(22)20-12-10-19(24)11-13-20/h2-15H,1H3/b21-15+. The summed E-state index contributed by atoms with van der Waals surface area (Å²) in [6.07, 6.45) is 1.81. The number of rotatable bonds is 3. The fourth-order valence-electron chi connectivity index (χ4n) is 3.03. The van der Waals surface area contributed by atoms with E-state index in [1.165, 1.54) is 0 Å². The Morgan fingerprint density at radius 1 is 0.926 bits per heavy atom. The third-order valence-corrected chi connectivity index (χ3v) is 4.58. The minimum atomic E-state index is -0.155. The fraction of sp³-hybridized carbons (Fsp3) is 0.0435. The minimum Gasteiger partial charge on any atom is -0.266 e. The van der Waals surface area contributed by atoms with Gasteiger partial charge in [0.05, 0.1) is 5.69 Å². The number of anilines is 1. The van der Waals surface area contributed by atoms with Gasteiger partial charge in [0, 0.05) is 10.6 Å². The van der Waals surface area contributed by atoms with Gasteiger partial charge in [-0.15, -0.1) is 0 Å². The van der Waals surface area contributed by atoms with Crippen LogP contribution in [0.1, 0.15) is 16.7 Å². The molecule has 0 unspecified atom stereocenters. The molecule has 0 radical (unpaired) electrons. The lowest BCUT2D eigenvalue weighted by atomic mass is 10.1. The molecule has 4 rings (SSSR count). The molecule has 0 spiro atoms. The Morgan fingerprint density at radius 2 is 1.67 bits per heavy atom. The quantitative estimate of drug-likeness (QED) is 0.560. The number of hydrogen-bond donors (Lipinski definition) is 0. The summed E-state index contributed by atoms with van der Waals surface area (Å²) in [5, 5.41) is 0.625. The molecular weight excluding hydrogens is 356 g/mol. The topological polar surface area (TPSA) is 32.7 Å². The van der Waals surface area contributed by atoms with Gasteiger partial charge in [0.1, 0.15) is 11.5 Å². The molecule has 3 aromatic carbocycles. The molecule has 0 aliphatic carbocycles. The van der Waals surface area contributed by atoms with Crippen molar-refractivity contribution < 1.29 is 4.79 Å². The van der Waals surface area contributed by atoms with Crippen LogP contribution in [0.15, 0.2) is 89.6 Å². The van der Waals surface area contributed by atoms with Crippen molar-refractivity contribution in [3.05, 3.63) is 106 Å². The molecule has 0 saturated heterocycles. The fourth-order valence-corrected chi connectivity index (χ4v) is 3.16. The van der Waals surface area contributed by atoms with E-state index in [4.69, 9.17) is 11.6 Å². The number of aryl methyl sites for hydroxylation is 1. The molecule has 132 valence electrons. The van der Waals surface area contributed by atoms with Crippen LogP contribution in [0, 0.1) is 6.92 Å². The maximum Gasteiger partial charge on any atom is 0.282 e. The summed E-state index contributed by atoms with van der Waals surface area (Å²) in [6, 6.07) is 24.9. The molecule has 0 N–H and O–H groups in total. The second kappa shape index (κ2) is 7.22. The van der Waals surface area contributed by atoms with Gasteiger partial charge >= 0.3 is 0 Å².